The molecule has 1 saturated carbocycles. The van der Waals surface area contributed by atoms with Crippen molar-refractivity contribution in [1.29, 1.82) is 5.26 Å². The fourth-order valence-electron chi connectivity index (χ4n) is 2.88. The van der Waals surface area contributed by atoms with Gasteiger partial charge in [0, 0.05) is 23.8 Å². The Morgan fingerprint density at radius 2 is 2.00 bits per heavy atom. The third kappa shape index (κ3) is 5.07. The number of rotatable bonds is 6. The summed E-state index contributed by atoms with van der Waals surface area (Å²) >= 11 is 1.41. The van der Waals surface area contributed by atoms with Crippen LogP contribution in [0.3, 0.4) is 0 Å². The molecule has 3 rings (SSSR count). The van der Waals surface area contributed by atoms with Crippen LogP contribution < -0.4 is 5.32 Å². The van der Waals surface area contributed by atoms with Crippen molar-refractivity contribution in [3.05, 3.63) is 35.7 Å². The summed E-state index contributed by atoms with van der Waals surface area (Å²) in [6.45, 7) is 0. The van der Waals surface area contributed by atoms with Gasteiger partial charge in [0.05, 0.1) is 11.6 Å². The van der Waals surface area contributed by atoms with Crippen LogP contribution in [0, 0.1) is 11.3 Å². The molecule has 2 aromatic rings. The van der Waals surface area contributed by atoms with Crippen molar-refractivity contribution in [2.45, 2.75) is 49.7 Å². The molecule has 0 unspecified atom stereocenters. The van der Waals surface area contributed by atoms with Crippen LogP contribution in [0.1, 0.15) is 55.9 Å². The molecule has 1 aliphatic carbocycles. The SMILES string of the molecule is N#Cc1ccc(NC(=O)CCSc2nnc(C3CCCCC3)o2)cc1. The number of amides is 1. The highest BCUT2D eigenvalue weighted by molar-refractivity contribution is 7.99. The topological polar surface area (TPSA) is 91.8 Å². The summed E-state index contributed by atoms with van der Waals surface area (Å²) in [6, 6.07) is 8.84. The maximum Gasteiger partial charge on any atom is 0.276 e. The Morgan fingerprint density at radius 3 is 2.72 bits per heavy atom. The Morgan fingerprint density at radius 1 is 1.24 bits per heavy atom. The van der Waals surface area contributed by atoms with E-state index in [0.717, 1.165) is 18.7 Å². The van der Waals surface area contributed by atoms with Crippen molar-refractivity contribution in [2.75, 3.05) is 11.1 Å². The number of nitrogens with one attached hydrogen (secondary N) is 1. The van der Waals surface area contributed by atoms with Gasteiger partial charge in [-0.1, -0.05) is 31.0 Å². The average molecular weight is 356 g/mol. The minimum atomic E-state index is -0.0794. The van der Waals surface area contributed by atoms with Crippen molar-refractivity contribution < 1.29 is 9.21 Å². The van der Waals surface area contributed by atoms with Crippen LogP contribution in [-0.4, -0.2) is 21.9 Å². The van der Waals surface area contributed by atoms with Gasteiger partial charge in [-0.25, -0.2) is 0 Å². The van der Waals surface area contributed by atoms with Gasteiger partial charge in [0.15, 0.2) is 0 Å². The molecule has 0 saturated heterocycles. The highest BCUT2D eigenvalue weighted by Gasteiger charge is 2.21. The Hall–Kier alpha value is -2.33. The number of nitriles is 1. The number of anilines is 1. The fourth-order valence-corrected chi connectivity index (χ4v) is 3.58. The second-order valence-electron chi connectivity index (χ2n) is 6.08. The smallest absolute Gasteiger partial charge is 0.276 e. The van der Waals surface area contributed by atoms with Crippen molar-refractivity contribution in [3.63, 3.8) is 0 Å². The molecule has 0 radical (unpaired) electrons. The number of hydrogen-bond donors (Lipinski definition) is 1. The number of nitrogens with zero attached hydrogens (tertiary/aromatic N) is 3. The molecule has 0 bridgehead atoms. The van der Waals surface area contributed by atoms with E-state index in [-0.39, 0.29) is 5.91 Å². The van der Waals surface area contributed by atoms with Crippen LogP contribution in [0.15, 0.2) is 33.9 Å². The van der Waals surface area contributed by atoms with Crippen LogP contribution in [0.2, 0.25) is 0 Å². The van der Waals surface area contributed by atoms with Gasteiger partial charge in [-0.15, -0.1) is 10.2 Å². The molecule has 1 aliphatic rings. The number of hydrogen-bond acceptors (Lipinski definition) is 6. The van der Waals surface area contributed by atoms with Gasteiger partial charge >= 0.3 is 0 Å². The molecule has 1 fully saturated rings. The first kappa shape index (κ1) is 17.5. The van der Waals surface area contributed by atoms with Crippen LogP contribution >= 0.6 is 11.8 Å². The second-order valence-corrected chi connectivity index (χ2v) is 7.12. The lowest BCUT2D eigenvalue weighted by Gasteiger charge is -2.17. The zero-order chi connectivity index (χ0) is 17.5. The molecular weight excluding hydrogens is 336 g/mol. The Bertz CT molecular complexity index is 745. The lowest BCUT2D eigenvalue weighted by Crippen LogP contribution is -2.12. The molecule has 1 amide bonds. The van der Waals surface area contributed by atoms with E-state index in [0.29, 0.717) is 34.6 Å². The number of thioether (sulfide) groups is 1. The van der Waals surface area contributed by atoms with Crippen LogP contribution in [0.5, 0.6) is 0 Å². The highest BCUT2D eigenvalue weighted by Crippen LogP contribution is 2.32. The molecule has 7 heteroatoms. The van der Waals surface area contributed by atoms with Gasteiger partial charge in [-0.2, -0.15) is 5.26 Å². The van der Waals surface area contributed by atoms with Crippen LogP contribution in [0.25, 0.3) is 0 Å². The minimum Gasteiger partial charge on any atom is -0.416 e. The molecule has 6 nitrogen and oxygen atoms in total. The van der Waals surface area contributed by atoms with Gasteiger partial charge < -0.3 is 9.73 Å². The molecule has 130 valence electrons. The molecule has 1 heterocycles. The third-order valence-electron chi connectivity index (χ3n) is 4.23. The summed E-state index contributed by atoms with van der Waals surface area (Å²) < 4.78 is 5.73. The van der Waals surface area contributed by atoms with E-state index >= 15 is 0 Å². The normalized spacial score (nSPS) is 14.8. The molecule has 0 atom stereocenters. The second kappa shape index (κ2) is 8.67. The van der Waals surface area contributed by atoms with Crippen molar-refractivity contribution in [2.24, 2.45) is 0 Å². The maximum atomic E-state index is 12.0. The molecule has 25 heavy (non-hydrogen) atoms. The predicted molar refractivity (Wildman–Crippen MR) is 95.3 cm³/mol. The number of carbonyl (C=O) groups is 1. The maximum absolute atomic E-state index is 12.0. The van der Waals surface area contributed by atoms with Gasteiger partial charge in [-0.05, 0) is 37.1 Å². The molecule has 1 N–H and O–H groups in total. The van der Waals surface area contributed by atoms with E-state index in [2.05, 4.69) is 15.5 Å². The lowest BCUT2D eigenvalue weighted by atomic mass is 9.89. The minimum absolute atomic E-state index is 0.0794. The highest BCUT2D eigenvalue weighted by atomic mass is 32.2. The van der Waals surface area contributed by atoms with E-state index in [9.17, 15) is 4.79 Å². The summed E-state index contributed by atoms with van der Waals surface area (Å²) in [7, 11) is 0. The molecule has 1 aromatic heterocycles. The summed E-state index contributed by atoms with van der Waals surface area (Å²) in [4.78, 5) is 12.0. The van der Waals surface area contributed by atoms with Gasteiger partial charge in [0.2, 0.25) is 11.8 Å². The van der Waals surface area contributed by atoms with Gasteiger partial charge in [0.1, 0.15) is 0 Å². The molecule has 0 spiro atoms. The first-order valence-corrected chi connectivity index (χ1v) is 9.49. The van der Waals surface area contributed by atoms with Crippen LogP contribution in [0.4, 0.5) is 5.69 Å². The van der Waals surface area contributed by atoms with E-state index in [1.54, 1.807) is 24.3 Å². The Labute approximate surface area is 151 Å². The summed E-state index contributed by atoms with van der Waals surface area (Å²) in [5.41, 5.74) is 1.25. The van der Waals surface area contributed by atoms with E-state index in [1.165, 1.54) is 31.0 Å². The van der Waals surface area contributed by atoms with Crippen molar-refractivity contribution in [1.82, 2.24) is 10.2 Å². The summed E-state index contributed by atoms with van der Waals surface area (Å²) in [5.74, 6) is 1.64. The summed E-state index contributed by atoms with van der Waals surface area (Å²) in [6.07, 6.45) is 6.35. The largest absolute Gasteiger partial charge is 0.416 e. The zero-order valence-electron chi connectivity index (χ0n) is 13.9. The van der Waals surface area contributed by atoms with E-state index in [1.807, 2.05) is 6.07 Å². The monoisotopic (exact) mass is 356 g/mol. The Balaban J connectivity index is 1.42. The standard InChI is InChI=1S/C18H20N4O2S/c19-12-13-6-8-15(9-7-13)20-16(23)10-11-25-18-22-21-17(24-18)14-4-2-1-3-5-14/h6-9,14H,1-5,10-11H2,(H,20,23). The van der Waals surface area contributed by atoms with E-state index < -0.39 is 0 Å². The molecule has 0 aliphatic heterocycles. The number of carbonyl (C=O) groups excluding carboxylic acids is 1. The van der Waals surface area contributed by atoms with Gasteiger partial charge in [-0.3, -0.25) is 4.79 Å². The van der Waals surface area contributed by atoms with Gasteiger partial charge in [0.25, 0.3) is 5.22 Å². The number of benzene rings is 1. The number of aromatic nitrogens is 2. The average Bonchev–Trinajstić information content (AvgIpc) is 3.12. The van der Waals surface area contributed by atoms with Crippen molar-refractivity contribution >= 4 is 23.4 Å². The van der Waals surface area contributed by atoms with Crippen molar-refractivity contribution in [3.8, 4) is 6.07 Å². The third-order valence-corrected chi connectivity index (χ3v) is 5.05. The Kier molecular flexibility index (Phi) is 6.07. The lowest BCUT2D eigenvalue weighted by molar-refractivity contribution is -0.115. The van der Waals surface area contributed by atoms with E-state index in [4.69, 9.17) is 9.68 Å². The quantitative estimate of drug-likeness (QED) is 0.783. The molecular formula is C18H20N4O2S. The fraction of sp³-hybridized carbons (Fsp3) is 0.444. The van der Waals surface area contributed by atoms with Crippen LogP contribution in [-0.2, 0) is 4.79 Å². The molecule has 1 aromatic carbocycles. The predicted octanol–water partition coefficient (Wildman–Crippen LogP) is 4.11. The summed E-state index contributed by atoms with van der Waals surface area (Å²) in [5, 5.41) is 20.3. The first-order valence-electron chi connectivity index (χ1n) is 8.51. The first-order chi connectivity index (χ1) is 12.2. The zero-order valence-corrected chi connectivity index (χ0v) is 14.7.